The minimum atomic E-state index is -2.93. The maximum absolute atomic E-state index is 11.8. The molecule has 1 aromatic heterocycles. The van der Waals surface area contributed by atoms with Crippen LogP contribution in [0.4, 0.5) is 11.8 Å². The first-order valence-electron chi connectivity index (χ1n) is 8.56. The lowest BCUT2D eigenvalue weighted by molar-refractivity contribution is 0.599. The van der Waals surface area contributed by atoms with Gasteiger partial charge in [0.05, 0.1) is 11.5 Å². The SMILES string of the molecule is CCN(c1nccc(NCc2ccc(C)cc2)n1)C1CCS(=O)(=O)C1. The molecule has 0 saturated carbocycles. The van der Waals surface area contributed by atoms with E-state index < -0.39 is 9.84 Å². The van der Waals surface area contributed by atoms with Gasteiger partial charge in [-0.1, -0.05) is 29.8 Å². The molecule has 0 amide bonds. The Morgan fingerprint density at radius 3 is 2.64 bits per heavy atom. The third-order valence-corrected chi connectivity index (χ3v) is 6.23. The van der Waals surface area contributed by atoms with Gasteiger partial charge in [0.1, 0.15) is 5.82 Å². The van der Waals surface area contributed by atoms with Gasteiger partial charge in [-0.05, 0) is 31.9 Å². The van der Waals surface area contributed by atoms with Crippen molar-refractivity contribution in [3.05, 3.63) is 47.7 Å². The van der Waals surface area contributed by atoms with E-state index in [1.807, 2.05) is 17.9 Å². The Hall–Kier alpha value is -2.15. The summed E-state index contributed by atoms with van der Waals surface area (Å²) in [5.74, 6) is 1.76. The molecule has 0 spiro atoms. The molecule has 3 rings (SSSR count). The smallest absolute Gasteiger partial charge is 0.227 e. The number of hydrogen-bond donors (Lipinski definition) is 1. The third kappa shape index (κ3) is 4.48. The van der Waals surface area contributed by atoms with Gasteiger partial charge in [0, 0.05) is 25.3 Å². The largest absolute Gasteiger partial charge is 0.366 e. The maximum Gasteiger partial charge on any atom is 0.227 e. The Morgan fingerprint density at radius 1 is 1.24 bits per heavy atom. The molecule has 1 unspecified atom stereocenters. The van der Waals surface area contributed by atoms with E-state index in [0.717, 1.165) is 5.82 Å². The van der Waals surface area contributed by atoms with Gasteiger partial charge in [-0.25, -0.2) is 13.4 Å². The highest BCUT2D eigenvalue weighted by atomic mass is 32.2. The second-order valence-electron chi connectivity index (χ2n) is 6.42. The van der Waals surface area contributed by atoms with E-state index in [4.69, 9.17) is 0 Å². The summed E-state index contributed by atoms with van der Waals surface area (Å²) in [4.78, 5) is 10.9. The zero-order valence-electron chi connectivity index (χ0n) is 14.6. The molecular weight excluding hydrogens is 336 g/mol. The van der Waals surface area contributed by atoms with Crippen molar-refractivity contribution in [3.63, 3.8) is 0 Å². The normalized spacial score (nSPS) is 18.9. The Labute approximate surface area is 149 Å². The van der Waals surface area contributed by atoms with Gasteiger partial charge < -0.3 is 10.2 Å². The molecule has 1 aromatic carbocycles. The van der Waals surface area contributed by atoms with Crippen LogP contribution in [0.25, 0.3) is 0 Å². The lowest BCUT2D eigenvalue weighted by atomic mass is 10.1. The molecular formula is C18H24N4O2S. The van der Waals surface area contributed by atoms with E-state index in [9.17, 15) is 8.42 Å². The van der Waals surface area contributed by atoms with Crippen molar-refractivity contribution in [2.45, 2.75) is 32.9 Å². The van der Waals surface area contributed by atoms with Gasteiger partial charge in [0.25, 0.3) is 0 Å². The first kappa shape index (κ1) is 17.7. The summed E-state index contributed by atoms with van der Waals surface area (Å²) in [5, 5.41) is 3.31. The summed E-state index contributed by atoms with van der Waals surface area (Å²) < 4.78 is 23.5. The predicted molar refractivity (Wildman–Crippen MR) is 101 cm³/mol. The fourth-order valence-electron chi connectivity index (χ4n) is 3.07. The maximum atomic E-state index is 11.8. The fourth-order valence-corrected chi connectivity index (χ4v) is 4.80. The molecule has 1 fully saturated rings. The minimum Gasteiger partial charge on any atom is -0.366 e. The molecule has 0 bridgehead atoms. The van der Waals surface area contributed by atoms with Crippen molar-refractivity contribution in [2.75, 3.05) is 28.3 Å². The van der Waals surface area contributed by atoms with Crippen LogP contribution in [0.2, 0.25) is 0 Å². The van der Waals surface area contributed by atoms with Gasteiger partial charge >= 0.3 is 0 Å². The summed E-state index contributed by atoms with van der Waals surface area (Å²) >= 11 is 0. The van der Waals surface area contributed by atoms with Crippen LogP contribution in [-0.4, -0.2) is 42.5 Å². The van der Waals surface area contributed by atoms with Gasteiger partial charge in [-0.15, -0.1) is 0 Å². The van der Waals surface area contributed by atoms with E-state index in [1.54, 1.807) is 6.20 Å². The monoisotopic (exact) mass is 360 g/mol. The number of hydrogen-bond acceptors (Lipinski definition) is 6. The van der Waals surface area contributed by atoms with Crippen LogP contribution >= 0.6 is 0 Å². The number of aryl methyl sites for hydroxylation is 1. The summed E-state index contributed by atoms with van der Waals surface area (Å²) in [7, 11) is -2.93. The molecule has 6 nitrogen and oxygen atoms in total. The van der Waals surface area contributed by atoms with E-state index >= 15 is 0 Å². The molecule has 1 N–H and O–H groups in total. The lowest BCUT2D eigenvalue weighted by Crippen LogP contribution is -2.37. The first-order chi connectivity index (χ1) is 12.0. The second kappa shape index (κ2) is 7.39. The molecule has 1 saturated heterocycles. The number of sulfone groups is 1. The number of aromatic nitrogens is 2. The molecule has 1 atom stereocenters. The highest BCUT2D eigenvalue weighted by molar-refractivity contribution is 7.91. The van der Waals surface area contributed by atoms with Crippen molar-refractivity contribution < 1.29 is 8.42 Å². The Bertz CT molecular complexity index is 821. The lowest BCUT2D eigenvalue weighted by Gasteiger charge is -2.26. The highest BCUT2D eigenvalue weighted by Crippen LogP contribution is 2.22. The van der Waals surface area contributed by atoms with E-state index in [1.165, 1.54) is 11.1 Å². The van der Waals surface area contributed by atoms with Crippen molar-refractivity contribution in [1.82, 2.24) is 9.97 Å². The molecule has 2 aromatic rings. The molecule has 7 heteroatoms. The van der Waals surface area contributed by atoms with Crippen LogP contribution in [0.1, 0.15) is 24.5 Å². The van der Waals surface area contributed by atoms with Crippen LogP contribution < -0.4 is 10.2 Å². The second-order valence-corrected chi connectivity index (χ2v) is 8.65. The standard InChI is InChI=1S/C18H24N4O2S/c1-3-22(16-9-11-25(23,24)13-16)18-19-10-8-17(21-18)20-12-15-6-4-14(2)5-7-15/h4-8,10,16H,3,9,11-13H2,1-2H3,(H,19,20,21). The quantitative estimate of drug-likeness (QED) is 0.853. The van der Waals surface area contributed by atoms with Crippen LogP contribution in [0.15, 0.2) is 36.5 Å². The van der Waals surface area contributed by atoms with Gasteiger partial charge in [0.2, 0.25) is 5.95 Å². The number of anilines is 2. The van der Waals surface area contributed by atoms with Crippen molar-refractivity contribution >= 4 is 21.6 Å². The van der Waals surface area contributed by atoms with Crippen LogP contribution in [0.5, 0.6) is 0 Å². The van der Waals surface area contributed by atoms with Gasteiger partial charge in [-0.3, -0.25) is 0 Å². The number of benzene rings is 1. The number of nitrogens with one attached hydrogen (secondary N) is 1. The van der Waals surface area contributed by atoms with Crippen LogP contribution in [0, 0.1) is 6.92 Å². The average molecular weight is 360 g/mol. The topological polar surface area (TPSA) is 75.2 Å². The highest BCUT2D eigenvalue weighted by Gasteiger charge is 2.32. The Balaban J connectivity index is 1.70. The number of nitrogens with zero attached hydrogens (tertiary/aromatic N) is 3. The van der Waals surface area contributed by atoms with Crippen LogP contribution in [-0.2, 0) is 16.4 Å². The molecule has 1 aliphatic heterocycles. The third-order valence-electron chi connectivity index (χ3n) is 4.48. The Morgan fingerprint density at radius 2 is 2.00 bits per heavy atom. The average Bonchev–Trinajstić information content (AvgIpc) is 2.95. The van der Waals surface area contributed by atoms with Crippen molar-refractivity contribution in [1.29, 1.82) is 0 Å². The predicted octanol–water partition coefficient (Wildman–Crippen LogP) is 2.41. The van der Waals surface area contributed by atoms with Gasteiger partial charge in [0.15, 0.2) is 9.84 Å². The first-order valence-corrected chi connectivity index (χ1v) is 10.4. The van der Waals surface area contributed by atoms with Gasteiger partial charge in [-0.2, -0.15) is 4.98 Å². The van der Waals surface area contributed by atoms with E-state index in [-0.39, 0.29) is 17.5 Å². The summed E-state index contributed by atoms with van der Waals surface area (Å²) in [5.41, 5.74) is 2.41. The van der Waals surface area contributed by atoms with Crippen molar-refractivity contribution in [2.24, 2.45) is 0 Å². The summed E-state index contributed by atoms with van der Waals surface area (Å²) in [6.45, 7) is 5.43. The molecule has 2 heterocycles. The fraction of sp³-hybridized carbons (Fsp3) is 0.444. The molecule has 134 valence electrons. The summed E-state index contributed by atoms with van der Waals surface area (Å²) in [6.07, 6.45) is 2.35. The van der Waals surface area contributed by atoms with E-state index in [2.05, 4.69) is 46.5 Å². The minimum absolute atomic E-state index is 0.0395. The zero-order chi connectivity index (χ0) is 17.9. The van der Waals surface area contributed by atoms with E-state index in [0.29, 0.717) is 25.5 Å². The molecule has 0 radical (unpaired) electrons. The molecule has 0 aliphatic carbocycles. The molecule has 25 heavy (non-hydrogen) atoms. The van der Waals surface area contributed by atoms with Crippen molar-refractivity contribution in [3.8, 4) is 0 Å². The zero-order valence-corrected chi connectivity index (χ0v) is 15.5. The molecule has 1 aliphatic rings. The Kier molecular flexibility index (Phi) is 5.22. The van der Waals surface area contributed by atoms with Crippen LogP contribution in [0.3, 0.4) is 0 Å². The number of rotatable bonds is 6. The summed E-state index contributed by atoms with van der Waals surface area (Å²) in [6, 6.07) is 10.1.